The van der Waals surface area contributed by atoms with Gasteiger partial charge in [-0.1, -0.05) is 6.07 Å². The van der Waals surface area contributed by atoms with E-state index in [-0.39, 0.29) is 0 Å². The van der Waals surface area contributed by atoms with Crippen LogP contribution in [0, 0.1) is 12.8 Å². The Hall–Kier alpha value is -0.930. The van der Waals surface area contributed by atoms with Crippen LogP contribution in [0.2, 0.25) is 0 Å². The summed E-state index contributed by atoms with van der Waals surface area (Å²) >= 11 is 0. The molecular formula is C17H26N2O. The van der Waals surface area contributed by atoms with Gasteiger partial charge in [0.05, 0.1) is 0 Å². The van der Waals surface area contributed by atoms with Crippen molar-refractivity contribution in [3.63, 3.8) is 0 Å². The Morgan fingerprint density at radius 3 is 2.85 bits per heavy atom. The molecule has 0 saturated carbocycles. The molecule has 2 saturated heterocycles. The average molecular weight is 274 g/mol. The van der Waals surface area contributed by atoms with Crippen molar-refractivity contribution in [2.45, 2.75) is 45.1 Å². The van der Waals surface area contributed by atoms with Gasteiger partial charge in [0.25, 0.3) is 0 Å². The van der Waals surface area contributed by atoms with E-state index in [0.29, 0.717) is 0 Å². The first-order chi connectivity index (χ1) is 9.81. The SMILES string of the molecule is Cc1ccc(C[C@H]2CCCN(C3CCOCC3)C2)cn1. The zero-order valence-corrected chi connectivity index (χ0v) is 12.6. The summed E-state index contributed by atoms with van der Waals surface area (Å²) < 4.78 is 5.49. The number of aromatic nitrogens is 1. The molecule has 3 heterocycles. The van der Waals surface area contributed by atoms with Crippen molar-refractivity contribution in [3.8, 4) is 0 Å². The number of likely N-dealkylation sites (tertiary alicyclic amines) is 1. The van der Waals surface area contributed by atoms with E-state index in [1.807, 2.05) is 0 Å². The second kappa shape index (κ2) is 6.68. The van der Waals surface area contributed by atoms with Gasteiger partial charge in [-0.3, -0.25) is 9.88 Å². The van der Waals surface area contributed by atoms with Gasteiger partial charge in [-0.25, -0.2) is 0 Å². The molecule has 1 atom stereocenters. The summed E-state index contributed by atoms with van der Waals surface area (Å²) in [5.74, 6) is 0.802. The fraction of sp³-hybridized carbons (Fsp3) is 0.706. The van der Waals surface area contributed by atoms with Gasteiger partial charge in [0.15, 0.2) is 0 Å². The Labute approximate surface area is 122 Å². The quantitative estimate of drug-likeness (QED) is 0.847. The molecule has 0 spiro atoms. The normalized spacial score (nSPS) is 25.8. The van der Waals surface area contributed by atoms with E-state index in [2.05, 4.69) is 35.1 Å². The number of ether oxygens (including phenoxy) is 1. The highest BCUT2D eigenvalue weighted by Crippen LogP contribution is 2.25. The van der Waals surface area contributed by atoms with E-state index in [0.717, 1.165) is 30.9 Å². The summed E-state index contributed by atoms with van der Waals surface area (Å²) in [4.78, 5) is 7.14. The molecule has 3 heteroatoms. The van der Waals surface area contributed by atoms with Crippen molar-refractivity contribution in [3.05, 3.63) is 29.6 Å². The minimum atomic E-state index is 0.766. The molecule has 0 radical (unpaired) electrons. The van der Waals surface area contributed by atoms with Crippen LogP contribution >= 0.6 is 0 Å². The molecule has 0 amide bonds. The number of piperidine rings is 1. The second-order valence-corrected chi connectivity index (χ2v) is 6.36. The van der Waals surface area contributed by atoms with Crippen LogP contribution in [-0.4, -0.2) is 42.2 Å². The van der Waals surface area contributed by atoms with E-state index < -0.39 is 0 Å². The monoisotopic (exact) mass is 274 g/mol. The Morgan fingerprint density at radius 1 is 1.25 bits per heavy atom. The van der Waals surface area contributed by atoms with Gasteiger partial charge in [0.2, 0.25) is 0 Å². The largest absolute Gasteiger partial charge is 0.381 e. The molecule has 0 N–H and O–H groups in total. The van der Waals surface area contributed by atoms with Gasteiger partial charge in [-0.15, -0.1) is 0 Å². The molecule has 0 aliphatic carbocycles. The standard InChI is InChI=1S/C17H26N2O/c1-14-4-5-15(12-18-14)11-16-3-2-8-19(13-16)17-6-9-20-10-7-17/h4-5,12,16-17H,2-3,6-11,13H2,1H3/t16-/m1/s1. The number of nitrogens with zero attached hydrogens (tertiary/aromatic N) is 2. The van der Waals surface area contributed by atoms with Gasteiger partial charge < -0.3 is 4.74 Å². The van der Waals surface area contributed by atoms with Crippen LogP contribution in [0.5, 0.6) is 0 Å². The lowest BCUT2D eigenvalue weighted by Crippen LogP contribution is -2.45. The van der Waals surface area contributed by atoms with Crippen LogP contribution in [0.4, 0.5) is 0 Å². The molecule has 110 valence electrons. The van der Waals surface area contributed by atoms with Crippen LogP contribution in [-0.2, 0) is 11.2 Å². The smallest absolute Gasteiger partial charge is 0.0480 e. The summed E-state index contributed by atoms with van der Waals surface area (Å²) in [6.45, 7) is 6.50. The molecular weight excluding hydrogens is 248 g/mol. The number of aryl methyl sites for hydroxylation is 1. The van der Waals surface area contributed by atoms with E-state index in [4.69, 9.17) is 4.74 Å². The fourth-order valence-electron chi connectivity index (χ4n) is 3.60. The average Bonchev–Trinajstić information content (AvgIpc) is 2.51. The van der Waals surface area contributed by atoms with Gasteiger partial charge in [0, 0.05) is 37.7 Å². The molecule has 0 bridgehead atoms. The summed E-state index contributed by atoms with van der Waals surface area (Å²) in [5, 5.41) is 0. The van der Waals surface area contributed by atoms with E-state index in [9.17, 15) is 0 Å². The molecule has 20 heavy (non-hydrogen) atoms. The van der Waals surface area contributed by atoms with Crippen LogP contribution in [0.15, 0.2) is 18.3 Å². The highest BCUT2D eigenvalue weighted by molar-refractivity contribution is 5.14. The third kappa shape index (κ3) is 3.58. The predicted molar refractivity (Wildman–Crippen MR) is 80.8 cm³/mol. The van der Waals surface area contributed by atoms with Crippen LogP contribution < -0.4 is 0 Å². The summed E-state index contributed by atoms with van der Waals surface area (Å²) in [6, 6.07) is 5.15. The van der Waals surface area contributed by atoms with Crippen LogP contribution in [0.25, 0.3) is 0 Å². The molecule has 0 unspecified atom stereocenters. The lowest BCUT2D eigenvalue weighted by molar-refractivity contribution is 0.0178. The molecule has 0 aromatic carbocycles. The zero-order valence-electron chi connectivity index (χ0n) is 12.6. The van der Waals surface area contributed by atoms with Crippen molar-refractivity contribution in [2.24, 2.45) is 5.92 Å². The van der Waals surface area contributed by atoms with E-state index in [1.165, 1.54) is 50.8 Å². The third-order valence-corrected chi connectivity index (χ3v) is 4.75. The van der Waals surface area contributed by atoms with Crippen molar-refractivity contribution in [2.75, 3.05) is 26.3 Å². The van der Waals surface area contributed by atoms with Crippen LogP contribution in [0.3, 0.4) is 0 Å². The second-order valence-electron chi connectivity index (χ2n) is 6.36. The maximum absolute atomic E-state index is 5.49. The van der Waals surface area contributed by atoms with Crippen molar-refractivity contribution in [1.29, 1.82) is 0 Å². The Bertz CT molecular complexity index is 412. The molecule has 3 rings (SSSR count). The minimum absolute atomic E-state index is 0.766. The summed E-state index contributed by atoms with van der Waals surface area (Å²) in [6.07, 6.45) is 8.41. The molecule has 2 fully saturated rings. The van der Waals surface area contributed by atoms with E-state index >= 15 is 0 Å². The van der Waals surface area contributed by atoms with E-state index in [1.54, 1.807) is 0 Å². The number of hydrogen-bond donors (Lipinski definition) is 0. The van der Waals surface area contributed by atoms with Gasteiger partial charge in [-0.2, -0.15) is 0 Å². The molecule has 2 aliphatic heterocycles. The topological polar surface area (TPSA) is 25.4 Å². The highest BCUT2D eigenvalue weighted by atomic mass is 16.5. The van der Waals surface area contributed by atoms with Gasteiger partial charge in [-0.05, 0) is 63.1 Å². The molecule has 2 aliphatic rings. The third-order valence-electron chi connectivity index (χ3n) is 4.75. The summed E-state index contributed by atoms with van der Waals surface area (Å²) in [5.41, 5.74) is 2.51. The van der Waals surface area contributed by atoms with Crippen molar-refractivity contribution >= 4 is 0 Å². The number of rotatable bonds is 3. The summed E-state index contributed by atoms with van der Waals surface area (Å²) in [7, 11) is 0. The number of hydrogen-bond acceptors (Lipinski definition) is 3. The predicted octanol–water partition coefficient (Wildman–Crippen LogP) is 2.82. The zero-order chi connectivity index (χ0) is 13.8. The fourth-order valence-corrected chi connectivity index (χ4v) is 3.60. The lowest BCUT2D eigenvalue weighted by atomic mass is 9.90. The Balaban J connectivity index is 1.56. The highest BCUT2D eigenvalue weighted by Gasteiger charge is 2.27. The molecule has 1 aromatic rings. The first kappa shape index (κ1) is 14.0. The maximum Gasteiger partial charge on any atom is 0.0480 e. The maximum atomic E-state index is 5.49. The van der Waals surface area contributed by atoms with Crippen molar-refractivity contribution in [1.82, 2.24) is 9.88 Å². The van der Waals surface area contributed by atoms with Crippen molar-refractivity contribution < 1.29 is 4.74 Å². The van der Waals surface area contributed by atoms with Gasteiger partial charge in [0.1, 0.15) is 0 Å². The minimum Gasteiger partial charge on any atom is -0.381 e. The molecule has 3 nitrogen and oxygen atoms in total. The Kier molecular flexibility index (Phi) is 4.69. The first-order valence-corrected chi connectivity index (χ1v) is 8.04. The van der Waals surface area contributed by atoms with Crippen LogP contribution in [0.1, 0.15) is 36.9 Å². The van der Waals surface area contributed by atoms with Gasteiger partial charge >= 0.3 is 0 Å². The lowest BCUT2D eigenvalue weighted by Gasteiger charge is -2.40. The Morgan fingerprint density at radius 2 is 2.10 bits per heavy atom. The molecule has 1 aromatic heterocycles. The number of pyridine rings is 1. The first-order valence-electron chi connectivity index (χ1n) is 8.04.